The number of nitrogens with zero attached hydrogens (tertiary/aromatic N) is 1. The van der Waals surface area contributed by atoms with Gasteiger partial charge in [0.05, 0.1) is 13.0 Å². The Morgan fingerprint density at radius 1 is 1.00 bits per heavy atom. The Labute approximate surface area is 252 Å². The Hall–Kier alpha value is -5.33. The molecule has 4 aromatic rings. The van der Waals surface area contributed by atoms with Crippen molar-refractivity contribution in [2.75, 3.05) is 13.7 Å². The van der Waals surface area contributed by atoms with Crippen LogP contribution in [0.3, 0.4) is 0 Å². The molecule has 6 rings (SSSR count). The molecular formula is C33H25ClN2O7. The summed E-state index contributed by atoms with van der Waals surface area (Å²) in [5, 5.41) is 10.6. The number of benzene rings is 4. The quantitative estimate of drug-likeness (QED) is 0.205. The lowest BCUT2D eigenvalue weighted by Crippen LogP contribution is -2.39. The van der Waals surface area contributed by atoms with Gasteiger partial charge in [0.2, 0.25) is 12.0 Å². The van der Waals surface area contributed by atoms with E-state index < -0.39 is 18.0 Å². The van der Waals surface area contributed by atoms with E-state index in [2.05, 4.69) is 6.07 Å². The van der Waals surface area contributed by atoms with Crippen LogP contribution in [0.15, 0.2) is 96.4 Å². The third-order valence-corrected chi connectivity index (χ3v) is 7.41. The second kappa shape index (κ2) is 11.9. The lowest BCUT2D eigenvalue weighted by atomic mass is 9.83. The third-order valence-electron chi connectivity index (χ3n) is 7.04. The zero-order chi connectivity index (χ0) is 29.9. The standard InChI is InChI=1S/C33H25ClN2O7/c1-38-29-14-19(10-13-26(29)39-17-20-6-2-3-7-24(20)34)31-22-12-11-21(15-28(22)43-32(36)23(31)16-35)41-33(37)30-18-40-25-8-4-5-9-27(25)42-30/h2-15,30-31H,17-18,36H2,1H3. The van der Waals surface area contributed by atoms with Crippen molar-refractivity contribution in [2.45, 2.75) is 18.6 Å². The van der Waals surface area contributed by atoms with Crippen LogP contribution in [0.25, 0.3) is 0 Å². The van der Waals surface area contributed by atoms with Crippen molar-refractivity contribution in [1.29, 1.82) is 5.26 Å². The summed E-state index contributed by atoms with van der Waals surface area (Å²) in [6.45, 7) is 0.262. The monoisotopic (exact) mass is 596 g/mol. The molecule has 2 unspecified atom stereocenters. The fourth-order valence-electron chi connectivity index (χ4n) is 4.91. The van der Waals surface area contributed by atoms with Gasteiger partial charge in [-0.05, 0) is 42.0 Å². The van der Waals surface area contributed by atoms with E-state index in [1.807, 2.05) is 30.3 Å². The van der Waals surface area contributed by atoms with Crippen molar-refractivity contribution < 1.29 is 33.2 Å². The van der Waals surface area contributed by atoms with Crippen molar-refractivity contribution in [1.82, 2.24) is 0 Å². The van der Waals surface area contributed by atoms with Gasteiger partial charge in [-0.1, -0.05) is 54.1 Å². The first kappa shape index (κ1) is 27.8. The molecule has 2 aliphatic rings. The van der Waals surface area contributed by atoms with E-state index in [9.17, 15) is 10.1 Å². The predicted molar refractivity (Wildman–Crippen MR) is 157 cm³/mol. The number of carbonyl (C=O) groups excluding carboxylic acids is 1. The molecule has 0 spiro atoms. The maximum absolute atomic E-state index is 12.9. The predicted octanol–water partition coefficient (Wildman–Crippen LogP) is 5.89. The molecular weight excluding hydrogens is 572 g/mol. The van der Waals surface area contributed by atoms with Gasteiger partial charge in [-0.2, -0.15) is 5.26 Å². The van der Waals surface area contributed by atoms with Gasteiger partial charge in [-0.3, -0.25) is 0 Å². The normalized spacial score (nSPS) is 16.8. The molecule has 0 fully saturated rings. The zero-order valence-electron chi connectivity index (χ0n) is 22.9. The molecule has 4 aromatic carbocycles. The summed E-state index contributed by atoms with van der Waals surface area (Å²) < 4.78 is 34.4. The molecule has 0 radical (unpaired) electrons. The molecule has 2 N–H and O–H groups in total. The van der Waals surface area contributed by atoms with E-state index >= 15 is 0 Å². The molecule has 0 saturated heterocycles. The van der Waals surface area contributed by atoms with Crippen LogP contribution in [0.4, 0.5) is 0 Å². The summed E-state index contributed by atoms with van der Waals surface area (Å²) in [6, 6.07) is 27.0. The number of hydrogen-bond donors (Lipinski definition) is 1. The highest BCUT2D eigenvalue weighted by Crippen LogP contribution is 2.45. The largest absolute Gasteiger partial charge is 0.493 e. The molecule has 0 amide bonds. The number of nitrogens with two attached hydrogens (primary N) is 1. The lowest BCUT2D eigenvalue weighted by molar-refractivity contribution is -0.144. The van der Waals surface area contributed by atoms with Gasteiger partial charge >= 0.3 is 5.97 Å². The van der Waals surface area contributed by atoms with Crippen molar-refractivity contribution >= 4 is 17.6 Å². The molecule has 0 bridgehead atoms. The highest BCUT2D eigenvalue weighted by atomic mass is 35.5. The zero-order valence-corrected chi connectivity index (χ0v) is 23.7. The molecule has 216 valence electrons. The number of fused-ring (bicyclic) bond motifs is 2. The average molecular weight is 597 g/mol. The number of halogens is 1. The Morgan fingerprint density at radius 2 is 1.79 bits per heavy atom. The van der Waals surface area contributed by atoms with Crippen molar-refractivity contribution in [3.05, 3.63) is 118 Å². The first-order valence-corrected chi connectivity index (χ1v) is 13.7. The molecule has 2 atom stereocenters. The lowest BCUT2D eigenvalue weighted by Gasteiger charge is -2.27. The molecule has 0 saturated carbocycles. The molecule has 43 heavy (non-hydrogen) atoms. The van der Waals surface area contributed by atoms with Gasteiger partial charge in [-0.15, -0.1) is 0 Å². The minimum absolute atomic E-state index is 0.0144. The third kappa shape index (κ3) is 5.61. The smallest absolute Gasteiger partial charge is 0.356 e. The highest BCUT2D eigenvalue weighted by Gasteiger charge is 2.33. The molecule has 2 aliphatic heterocycles. The van der Waals surface area contributed by atoms with E-state index in [4.69, 9.17) is 45.8 Å². The fourth-order valence-corrected chi connectivity index (χ4v) is 5.10. The number of allylic oxidation sites excluding steroid dienone is 1. The maximum Gasteiger partial charge on any atom is 0.356 e. The Balaban J connectivity index is 1.24. The summed E-state index contributed by atoms with van der Waals surface area (Å²) in [6.07, 6.45) is -0.944. The van der Waals surface area contributed by atoms with E-state index in [1.165, 1.54) is 7.11 Å². The minimum Gasteiger partial charge on any atom is -0.493 e. The van der Waals surface area contributed by atoms with Crippen molar-refractivity contribution in [3.8, 4) is 40.6 Å². The summed E-state index contributed by atoms with van der Waals surface area (Å²) in [5.74, 6) is 1.31. The number of methoxy groups -OCH3 is 1. The number of carbonyl (C=O) groups is 1. The first-order valence-electron chi connectivity index (χ1n) is 13.3. The van der Waals surface area contributed by atoms with Gasteiger partial charge in [0, 0.05) is 22.2 Å². The van der Waals surface area contributed by atoms with Gasteiger partial charge in [0.25, 0.3) is 0 Å². The number of rotatable bonds is 7. The van der Waals surface area contributed by atoms with Crippen LogP contribution < -0.4 is 34.2 Å². The second-order valence-corrected chi connectivity index (χ2v) is 10.1. The van der Waals surface area contributed by atoms with E-state index in [0.717, 1.165) is 11.1 Å². The van der Waals surface area contributed by atoms with E-state index in [1.54, 1.807) is 54.6 Å². The van der Waals surface area contributed by atoms with Crippen LogP contribution in [-0.4, -0.2) is 25.8 Å². The van der Waals surface area contributed by atoms with E-state index in [-0.39, 0.29) is 30.4 Å². The highest BCUT2D eigenvalue weighted by molar-refractivity contribution is 6.31. The van der Waals surface area contributed by atoms with Crippen molar-refractivity contribution in [2.24, 2.45) is 5.73 Å². The van der Waals surface area contributed by atoms with Gasteiger partial charge in [0.1, 0.15) is 36.4 Å². The van der Waals surface area contributed by atoms with Crippen molar-refractivity contribution in [3.63, 3.8) is 0 Å². The average Bonchev–Trinajstić information content (AvgIpc) is 3.03. The summed E-state index contributed by atoms with van der Waals surface area (Å²) >= 11 is 6.27. The molecule has 0 aromatic heterocycles. The van der Waals surface area contributed by atoms with Crippen LogP contribution in [-0.2, 0) is 11.4 Å². The summed E-state index contributed by atoms with van der Waals surface area (Å²) in [7, 11) is 1.54. The molecule has 10 heteroatoms. The Bertz CT molecular complexity index is 1780. The summed E-state index contributed by atoms with van der Waals surface area (Å²) in [4.78, 5) is 12.9. The first-order chi connectivity index (χ1) is 20.9. The van der Waals surface area contributed by atoms with Crippen LogP contribution in [0.1, 0.15) is 22.6 Å². The second-order valence-electron chi connectivity index (χ2n) is 9.70. The SMILES string of the molecule is COc1cc(C2C(C#N)=C(N)Oc3cc(OC(=O)C4COc5ccccc5O4)ccc32)ccc1OCc1ccccc1Cl. The number of ether oxygens (including phenoxy) is 6. The van der Waals surface area contributed by atoms with Gasteiger partial charge < -0.3 is 34.2 Å². The molecule has 2 heterocycles. The number of para-hydroxylation sites is 2. The van der Waals surface area contributed by atoms with E-state index in [0.29, 0.717) is 39.3 Å². The minimum atomic E-state index is -0.944. The number of esters is 1. The molecule has 9 nitrogen and oxygen atoms in total. The summed E-state index contributed by atoms with van der Waals surface area (Å²) in [5.41, 5.74) is 8.64. The number of nitriles is 1. The topological polar surface area (TPSA) is 122 Å². The Kier molecular flexibility index (Phi) is 7.69. The Morgan fingerprint density at radius 3 is 2.58 bits per heavy atom. The fraction of sp³-hybridized carbons (Fsp3) is 0.152. The van der Waals surface area contributed by atoms with Crippen LogP contribution >= 0.6 is 11.6 Å². The molecule has 0 aliphatic carbocycles. The number of hydrogen-bond acceptors (Lipinski definition) is 9. The maximum atomic E-state index is 12.9. The van der Waals surface area contributed by atoms with Gasteiger partial charge in [-0.25, -0.2) is 4.79 Å². The van der Waals surface area contributed by atoms with Crippen LogP contribution in [0.2, 0.25) is 5.02 Å². The van der Waals surface area contributed by atoms with Crippen LogP contribution in [0.5, 0.6) is 34.5 Å². The van der Waals surface area contributed by atoms with Gasteiger partial charge in [0.15, 0.2) is 23.0 Å². The van der Waals surface area contributed by atoms with Crippen LogP contribution in [0, 0.1) is 11.3 Å².